The van der Waals surface area contributed by atoms with E-state index in [1.165, 1.54) is 0 Å². The second-order valence-electron chi connectivity index (χ2n) is 5.03. The van der Waals surface area contributed by atoms with Crippen LogP contribution in [0.2, 0.25) is 0 Å². The van der Waals surface area contributed by atoms with Crippen molar-refractivity contribution in [2.24, 2.45) is 5.73 Å². The van der Waals surface area contributed by atoms with Gasteiger partial charge in [-0.15, -0.1) is 0 Å². The van der Waals surface area contributed by atoms with Crippen LogP contribution in [0.4, 0.5) is 26.3 Å². The van der Waals surface area contributed by atoms with Crippen molar-refractivity contribution in [1.29, 1.82) is 0 Å². The van der Waals surface area contributed by atoms with Crippen molar-refractivity contribution in [2.45, 2.75) is 50.7 Å². The smallest absolute Gasteiger partial charge is 0.391 e. The zero-order valence-corrected chi connectivity index (χ0v) is 11.8. The van der Waals surface area contributed by atoms with Crippen LogP contribution in [0.1, 0.15) is 48.9 Å². The Morgan fingerprint density at radius 2 is 1.68 bits per heavy atom. The zero-order chi connectivity index (χ0) is 17.1. The van der Waals surface area contributed by atoms with E-state index in [1.807, 2.05) is 6.92 Å². The first-order valence-corrected chi connectivity index (χ1v) is 6.70. The monoisotopic (exact) mass is 329 g/mol. The summed E-state index contributed by atoms with van der Waals surface area (Å²) < 4.78 is 76.7. The van der Waals surface area contributed by atoms with E-state index in [0.29, 0.717) is 25.0 Å². The molecule has 0 aromatic heterocycles. The first kappa shape index (κ1) is 18.8. The van der Waals surface area contributed by atoms with Crippen LogP contribution < -0.4 is 5.73 Å². The molecule has 0 heterocycles. The van der Waals surface area contributed by atoms with E-state index in [0.717, 1.165) is 0 Å². The molecule has 8 heteroatoms. The summed E-state index contributed by atoms with van der Waals surface area (Å²) in [5, 5.41) is 9.81. The standard InChI is InChI=1S/C14H17F6NO/c1-2-3-4-11(22)12(21)9-6-5-8(13(15,16)17)7-10(9)14(18,19)20/h5-7,11-12,22H,2-4,21H2,1H3/t11-,12+/m0/s1. The Hall–Kier alpha value is -1.28. The van der Waals surface area contributed by atoms with Crippen molar-refractivity contribution in [3.63, 3.8) is 0 Å². The summed E-state index contributed by atoms with van der Waals surface area (Å²) >= 11 is 0. The molecule has 0 fully saturated rings. The van der Waals surface area contributed by atoms with Gasteiger partial charge in [0, 0.05) is 0 Å². The SMILES string of the molecule is CCCC[C@H](O)[C@H](N)c1ccc(C(F)(F)F)cc1C(F)(F)F. The van der Waals surface area contributed by atoms with Crippen LogP contribution in [0.15, 0.2) is 18.2 Å². The summed E-state index contributed by atoms with van der Waals surface area (Å²) in [5.41, 5.74) is 2.20. The van der Waals surface area contributed by atoms with Crippen LogP contribution >= 0.6 is 0 Å². The molecule has 0 aliphatic rings. The molecular weight excluding hydrogens is 312 g/mol. The minimum Gasteiger partial charge on any atom is -0.391 e. The van der Waals surface area contributed by atoms with Gasteiger partial charge in [-0.1, -0.05) is 25.8 Å². The fourth-order valence-electron chi connectivity index (χ4n) is 2.07. The maximum atomic E-state index is 13.0. The van der Waals surface area contributed by atoms with Crippen molar-refractivity contribution < 1.29 is 31.4 Å². The first-order chi connectivity index (χ1) is 9.98. The summed E-state index contributed by atoms with van der Waals surface area (Å²) in [7, 11) is 0. The molecule has 0 spiro atoms. The third kappa shape index (κ3) is 4.61. The van der Waals surface area contributed by atoms with Crippen molar-refractivity contribution in [2.75, 3.05) is 0 Å². The van der Waals surface area contributed by atoms with Crippen LogP contribution in [0.5, 0.6) is 0 Å². The van der Waals surface area contributed by atoms with Gasteiger partial charge in [0.2, 0.25) is 0 Å². The van der Waals surface area contributed by atoms with Gasteiger partial charge in [0.05, 0.1) is 23.3 Å². The number of rotatable bonds is 5. The molecule has 0 bridgehead atoms. The number of alkyl halides is 6. The summed E-state index contributed by atoms with van der Waals surface area (Å²) in [4.78, 5) is 0. The van der Waals surface area contributed by atoms with E-state index in [9.17, 15) is 31.4 Å². The topological polar surface area (TPSA) is 46.2 Å². The summed E-state index contributed by atoms with van der Waals surface area (Å²) in [6, 6.07) is -0.144. The Bertz CT molecular complexity index is 497. The lowest BCUT2D eigenvalue weighted by atomic mass is 9.92. The van der Waals surface area contributed by atoms with Crippen molar-refractivity contribution in [3.05, 3.63) is 34.9 Å². The first-order valence-electron chi connectivity index (χ1n) is 6.70. The predicted octanol–water partition coefficient (Wildman–Crippen LogP) is 4.28. The van der Waals surface area contributed by atoms with Gasteiger partial charge in [-0.2, -0.15) is 26.3 Å². The van der Waals surface area contributed by atoms with E-state index in [2.05, 4.69) is 0 Å². The quantitative estimate of drug-likeness (QED) is 0.792. The van der Waals surface area contributed by atoms with Crippen LogP contribution in [-0.4, -0.2) is 11.2 Å². The molecule has 1 rings (SSSR count). The molecular formula is C14H17F6NO. The summed E-state index contributed by atoms with van der Waals surface area (Å²) in [5.74, 6) is 0. The minimum absolute atomic E-state index is 0.0295. The molecule has 0 amide bonds. The fourth-order valence-corrected chi connectivity index (χ4v) is 2.07. The molecule has 0 aliphatic heterocycles. The minimum atomic E-state index is -4.99. The lowest BCUT2D eigenvalue weighted by molar-refractivity contribution is -0.143. The van der Waals surface area contributed by atoms with Crippen LogP contribution in [-0.2, 0) is 12.4 Å². The predicted molar refractivity (Wildman–Crippen MR) is 68.9 cm³/mol. The highest BCUT2D eigenvalue weighted by molar-refractivity contribution is 5.38. The van der Waals surface area contributed by atoms with Gasteiger partial charge in [-0.3, -0.25) is 0 Å². The highest BCUT2D eigenvalue weighted by Crippen LogP contribution is 2.39. The number of hydrogen-bond acceptors (Lipinski definition) is 2. The second-order valence-corrected chi connectivity index (χ2v) is 5.03. The van der Waals surface area contributed by atoms with Crippen LogP contribution in [0.3, 0.4) is 0 Å². The molecule has 1 aromatic rings. The number of halogens is 6. The van der Waals surface area contributed by atoms with Gasteiger partial charge >= 0.3 is 12.4 Å². The Kier molecular flexibility index (Phi) is 5.86. The van der Waals surface area contributed by atoms with Crippen molar-refractivity contribution in [1.82, 2.24) is 0 Å². The molecule has 2 nitrogen and oxygen atoms in total. The van der Waals surface area contributed by atoms with Crippen molar-refractivity contribution >= 4 is 0 Å². The molecule has 0 aliphatic carbocycles. The van der Waals surface area contributed by atoms with Crippen LogP contribution in [0, 0.1) is 0 Å². The van der Waals surface area contributed by atoms with Gasteiger partial charge in [-0.25, -0.2) is 0 Å². The highest BCUT2D eigenvalue weighted by atomic mass is 19.4. The molecule has 0 unspecified atom stereocenters. The van der Waals surface area contributed by atoms with Gasteiger partial charge in [0.25, 0.3) is 0 Å². The lowest BCUT2D eigenvalue weighted by Crippen LogP contribution is -2.29. The van der Waals surface area contributed by atoms with Crippen molar-refractivity contribution in [3.8, 4) is 0 Å². The molecule has 2 atom stereocenters. The maximum absolute atomic E-state index is 13.0. The number of nitrogens with two attached hydrogens (primary N) is 1. The number of aliphatic hydroxyl groups is 1. The maximum Gasteiger partial charge on any atom is 0.416 e. The molecule has 0 saturated heterocycles. The summed E-state index contributed by atoms with van der Waals surface area (Å²) in [6.07, 6.45) is -9.68. The number of benzene rings is 1. The zero-order valence-electron chi connectivity index (χ0n) is 11.8. The van der Waals surface area contributed by atoms with E-state index in [-0.39, 0.29) is 12.5 Å². The highest BCUT2D eigenvalue weighted by Gasteiger charge is 2.39. The lowest BCUT2D eigenvalue weighted by Gasteiger charge is -2.23. The van der Waals surface area contributed by atoms with Gasteiger partial charge in [-0.05, 0) is 24.1 Å². The van der Waals surface area contributed by atoms with E-state index in [1.54, 1.807) is 0 Å². The third-order valence-electron chi connectivity index (χ3n) is 3.31. The molecule has 0 radical (unpaired) electrons. The van der Waals surface area contributed by atoms with Gasteiger partial charge in [0.15, 0.2) is 0 Å². The van der Waals surface area contributed by atoms with E-state index in [4.69, 9.17) is 5.73 Å². The molecule has 0 saturated carbocycles. The normalized spacial score (nSPS) is 15.7. The Morgan fingerprint density at radius 3 is 2.14 bits per heavy atom. The number of hydrogen-bond donors (Lipinski definition) is 2. The number of aliphatic hydroxyl groups excluding tert-OH is 1. The largest absolute Gasteiger partial charge is 0.416 e. The molecule has 1 aromatic carbocycles. The van der Waals surface area contributed by atoms with Gasteiger partial charge < -0.3 is 10.8 Å². The fraction of sp³-hybridized carbons (Fsp3) is 0.571. The molecule has 22 heavy (non-hydrogen) atoms. The van der Waals surface area contributed by atoms with Crippen LogP contribution in [0.25, 0.3) is 0 Å². The average molecular weight is 329 g/mol. The Labute approximate surface area is 123 Å². The second kappa shape index (κ2) is 6.87. The molecule has 126 valence electrons. The third-order valence-corrected chi connectivity index (χ3v) is 3.31. The average Bonchev–Trinajstić information content (AvgIpc) is 2.41. The van der Waals surface area contributed by atoms with E-state index >= 15 is 0 Å². The Balaban J connectivity index is 3.24. The Morgan fingerprint density at radius 1 is 1.09 bits per heavy atom. The summed E-state index contributed by atoms with van der Waals surface area (Å²) in [6.45, 7) is 1.83. The molecule has 3 N–H and O–H groups in total. The number of unbranched alkanes of at least 4 members (excludes halogenated alkanes) is 1. The van der Waals surface area contributed by atoms with Gasteiger partial charge in [0.1, 0.15) is 0 Å². The van der Waals surface area contributed by atoms with E-state index < -0.39 is 41.2 Å².